The molecule has 0 saturated heterocycles. The molecule has 2 heterocycles. The first-order chi connectivity index (χ1) is 14.4. The van der Waals surface area contributed by atoms with Crippen LogP contribution in [0.4, 0.5) is 5.00 Å². The van der Waals surface area contributed by atoms with Gasteiger partial charge in [0.2, 0.25) is 11.3 Å². The van der Waals surface area contributed by atoms with Gasteiger partial charge in [-0.2, -0.15) is 0 Å². The minimum atomic E-state index is -0.476. The van der Waals surface area contributed by atoms with Crippen LogP contribution in [0.2, 0.25) is 0 Å². The monoisotopic (exact) mass is 425 g/mol. The maximum atomic E-state index is 12.3. The van der Waals surface area contributed by atoms with Gasteiger partial charge in [-0.3, -0.25) is 19.7 Å². The Bertz CT molecular complexity index is 1140. The molecular weight excluding hydrogens is 406 g/mol. The molecule has 0 aliphatic rings. The standard InChI is InChI=1S/C21H19N3O5S/c1-23-13-19(29-14-15-5-3-2-4-6-15)18(25)11-16(23)12-22-20(26)9-7-17-8-10-21(30-17)24(27)28/h2-11,13H,12,14H2,1H3,(H,22,26)/b9-7+. The molecule has 8 nitrogen and oxygen atoms in total. The number of nitrogens with one attached hydrogen (secondary N) is 1. The average Bonchev–Trinajstić information content (AvgIpc) is 3.22. The highest BCUT2D eigenvalue weighted by atomic mass is 32.1. The summed E-state index contributed by atoms with van der Waals surface area (Å²) in [4.78, 5) is 35.1. The number of nitro groups is 1. The number of carbonyl (C=O) groups excluding carboxylic acids is 1. The van der Waals surface area contributed by atoms with Crippen LogP contribution < -0.4 is 15.5 Å². The van der Waals surface area contributed by atoms with Crippen LogP contribution >= 0.6 is 11.3 Å². The molecule has 9 heteroatoms. The van der Waals surface area contributed by atoms with Gasteiger partial charge in [-0.15, -0.1) is 0 Å². The molecule has 154 valence electrons. The molecule has 0 atom stereocenters. The van der Waals surface area contributed by atoms with Gasteiger partial charge in [-0.1, -0.05) is 41.7 Å². The Morgan fingerprint density at radius 1 is 1.27 bits per heavy atom. The van der Waals surface area contributed by atoms with E-state index in [1.54, 1.807) is 23.9 Å². The zero-order chi connectivity index (χ0) is 21.5. The second kappa shape index (κ2) is 9.66. The molecule has 2 aromatic heterocycles. The number of amides is 1. The second-order valence-corrected chi connectivity index (χ2v) is 7.46. The number of nitrogens with zero attached hydrogens (tertiary/aromatic N) is 2. The van der Waals surface area contributed by atoms with Crippen molar-refractivity contribution in [2.24, 2.45) is 7.05 Å². The van der Waals surface area contributed by atoms with Gasteiger partial charge in [-0.05, 0) is 17.7 Å². The molecule has 1 aromatic carbocycles. The maximum absolute atomic E-state index is 12.3. The number of pyridine rings is 1. The Kier molecular flexibility index (Phi) is 6.76. The number of thiophene rings is 1. The summed E-state index contributed by atoms with van der Waals surface area (Å²) >= 11 is 0.981. The van der Waals surface area contributed by atoms with E-state index in [0.29, 0.717) is 10.6 Å². The van der Waals surface area contributed by atoms with Crippen molar-refractivity contribution in [3.05, 3.63) is 97.3 Å². The number of rotatable bonds is 8. The summed E-state index contributed by atoms with van der Waals surface area (Å²) in [5, 5.41) is 13.4. The Morgan fingerprint density at radius 2 is 2.03 bits per heavy atom. The topological polar surface area (TPSA) is 103 Å². The number of aryl methyl sites for hydroxylation is 1. The van der Waals surface area contributed by atoms with E-state index in [9.17, 15) is 19.7 Å². The van der Waals surface area contributed by atoms with E-state index in [0.717, 1.165) is 16.9 Å². The zero-order valence-corrected chi connectivity index (χ0v) is 16.9. The fourth-order valence-corrected chi connectivity index (χ4v) is 3.31. The minimum Gasteiger partial charge on any atom is -0.483 e. The van der Waals surface area contributed by atoms with E-state index in [2.05, 4.69) is 5.32 Å². The number of ether oxygens (including phenoxy) is 1. The fourth-order valence-electron chi connectivity index (χ4n) is 2.59. The van der Waals surface area contributed by atoms with Gasteiger partial charge in [0.1, 0.15) is 6.61 Å². The highest BCUT2D eigenvalue weighted by Gasteiger charge is 2.09. The van der Waals surface area contributed by atoms with Crippen LogP contribution in [-0.4, -0.2) is 15.4 Å². The molecule has 0 spiro atoms. The Hall–Kier alpha value is -3.72. The fraction of sp³-hybridized carbons (Fsp3) is 0.143. The Labute approximate surface area is 176 Å². The quantitative estimate of drug-likeness (QED) is 0.339. The van der Waals surface area contributed by atoms with Crippen LogP contribution in [0.5, 0.6) is 5.75 Å². The highest BCUT2D eigenvalue weighted by molar-refractivity contribution is 7.16. The van der Waals surface area contributed by atoms with E-state index in [4.69, 9.17) is 4.74 Å². The summed E-state index contributed by atoms with van der Waals surface area (Å²) in [6, 6.07) is 13.9. The molecule has 0 aliphatic heterocycles. The van der Waals surface area contributed by atoms with Crippen molar-refractivity contribution in [2.45, 2.75) is 13.2 Å². The van der Waals surface area contributed by atoms with Gasteiger partial charge in [0.05, 0.1) is 17.7 Å². The molecule has 0 aliphatic carbocycles. The smallest absolute Gasteiger partial charge is 0.324 e. The zero-order valence-electron chi connectivity index (χ0n) is 16.1. The van der Waals surface area contributed by atoms with Crippen LogP contribution in [0.1, 0.15) is 16.1 Å². The van der Waals surface area contributed by atoms with Crippen molar-refractivity contribution >= 4 is 28.3 Å². The summed E-state index contributed by atoms with van der Waals surface area (Å²) < 4.78 is 7.33. The summed E-state index contributed by atoms with van der Waals surface area (Å²) in [5.41, 5.74) is 1.30. The Morgan fingerprint density at radius 3 is 2.73 bits per heavy atom. The first-order valence-corrected chi connectivity index (χ1v) is 9.80. The molecule has 0 bridgehead atoms. The van der Waals surface area contributed by atoms with Gasteiger partial charge in [0, 0.05) is 35.8 Å². The lowest BCUT2D eigenvalue weighted by Crippen LogP contribution is -2.24. The van der Waals surface area contributed by atoms with E-state index in [1.165, 1.54) is 24.3 Å². The van der Waals surface area contributed by atoms with Gasteiger partial charge < -0.3 is 14.6 Å². The van der Waals surface area contributed by atoms with E-state index in [-0.39, 0.29) is 35.2 Å². The first-order valence-electron chi connectivity index (χ1n) is 8.99. The third-order valence-electron chi connectivity index (χ3n) is 4.18. The molecule has 0 saturated carbocycles. The molecular formula is C21H19N3O5S. The average molecular weight is 425 g/mol. The summed E-state index contributed by atoms with van der Waals surface area (Å²) in [6.45, 7) is 0.441. The van der Waals surface area contributed by atoms with Crippen LogP contribution in [-0.2, 0) is 25.0 Å². The van der Waals surface area contributed by atoms with Gasteiger partial charge in [0.25, 0.3) is 0 Å². The number of benzene rings is 1. The lowest BCUT2D eigenvalue weighted by molar-refractivity contribution is -0.380. The normalized spacial score (nSPS) is 10.8. The third-order valence-corrected chi connectivity index (χ3v) is 5.18. The van der Waals surface area contributed by atoms with Gasteiger partial charge in [0.15, 0.2) is 5.75 Å². The van der Waals surface area contributed by atoms with Gasteiger partial charge >= 0.3 is 5.00 Å². The lowest BCUT2D eigenvalue weighted by Gasteiger charge is -2.12. The van der Waals surface area contributed by atoms with E-state index >= 15 is 0 Å². The van der Waals surface area contributed by atoms with Crippen molar-refractivity contribution in [2.75, 3.05) is 0 Å². The van der Waals surface area contributed by atoms with Crippen LogP contribution in [0, 0.1) is 10.1 Å². The number of aromatic nitrogens is 1. The van der Waals surface area contributed by atoms with Crippen molar-refractivity contribution in [1.29, 1.82) is 0 Å². The molecule has 0 unspecified atom stereocenters. The van der Waals surface area contributed by atoms with Crippen molar-refractivity contribution in [3.63, 3.8) is 0 Å². The molecule has 3 rings (SSSR count). The molecule has 1 N–H and O–H groups in total. The van der Waals surface area contributed by atoms with E-state index in [1.807, 2.05) is 30.3 Å². The largest absolute Gasteiger partial charge is 0.483 e. The first kappa shape index (κ1) is 21.0. The minimum absolute atomic E-state index is 0.0135. The van der Waals surface area contributed by atoms with Crippen molar-refractivity contribution < 1.29 is 14.5 Å². The highest BCUT2D eigenvalue weighted by Crippen LogP contribution is 2.24. The number of carbonyl (C=O) groups is 1. The van der Waals surface area contributed by atoms with Crippen molar-refractivity contribution in [1.82, 2.24) is 9.88 Å². The van der Waals surface area contributed by atoms with Crippen LogP contribution in [0.15, 0.2) is 65.6 Å². The summed E-state index contributed by atoms with van der Waals surface area (Å²) in [5.74, 6) is -0.140. The molecule has 30 heavy (non-hydrogen) atoms. The maximum Gasteiger partial charge on any atom is 0.324 e. The lowest BCUT2D eigenvalue weighted by atomic mass is 10.2. The van der Waals surface area contributed by atoms with E-state index < -0.39 is 4.92 Å². The predicted molar refractivity (Wildman–Crippen MR) is 114 cm³/mol. The van der Waals surface area contributed by atoms with Crippen LogP contribution in [0.25, 0.3) is 6.08 Å². The summed E-state index contributed by atoms with van der Waals surface area (Å²) in [7, 11) is 1.76. The molecule has 0 fully saturated rings. The third kappa shape index (κ3) is 5.65. The second-order valence-electron chi connectivity index (χ2n) is 6.36. The number of hydrogen-bond donors (Lipinski definition) is 1. The number of hydrogen-bond acceptors (Lipinski definition) is 6. The van der Waals surface area contributed by atoms with Crippen molar-refractivity contribution in [3.8, 4) is 5.75 Å². The van der Waals surface area contributed by atoms with Gasteiger partial charge in [-0.25, -0.2) is 0 Å². The molecule has 3 aromatic rings. The summed E-state index contributed by atoms with van der Waals surface area (Å²) in [6.07, 6.45) is 4.39. The Balaban J connectivity index is 1.57. The predicted octanol–water partition coefficient (Wildman–Crippen LogP) is 3.26. The SMILES string of the molecule is Cn1cc(OCc2ccccc2)c(=O)cc1CNC(=O)/C=C/c1ccc([N+](=O)[O-])s1. The molecule has 1 amide bonds. The van der Waals surface area contributed by atoms with Crippen LogP contribution in [0.3, 0.4) is 0 Å². The molecule has 0 radical (unpaired) electrons.